The highest BCUT2D eigenvalue weighted by Crippen LogP contribution is 2.38. The van der Waals surface area contributed by atoms with Crippen LogP contribution in [0.3, 0.4) is 0 Å². The molecule has 1 atom stereocenters. The molecule has 0 saturated heterocycles. The average Bonchev–Trinajstić information content (AvgIpc) is 2.54. The van der Waals surface area contributed by atoms with Crippen LogP contribution in [0.2, 0.25) is 0 Å². The van der Waals surface area contributed by atoms with Gasteiger partial charge in [0.15, 0.2) is 0 Å². The summed E-state index contributed by atoms with van der Waals surface area (Å²) in [5, 5.41) is 9.77. The number of rotatable bonds is 4. The standard InChI is InChI=1S/C12H19NO3S/c1-6-16-9(12(3,4)5)10-13-7(2)8(17-10)11(14)15/h9H,6H2,1-5H3,(H,14,15). The quantitative estimate of drug-likeness (QED) is 0.899. The molecule has 0 radical (unpaired) electrons. The monoisotopic (exact) mass is 257 g/mol. The number of carboxylic acid groups (broad SMARTS) is 1. The SMILES string of the molecule is CCOC(c1nc(C)c(C(=O)O)s1)C(C)(C)C. The van der Waals surface area contributed by atoms with Gasteiger partial charge in [-0.05, 0) is 19.3 Å². The zero-order valence-electron chi connectivity index (χ0n) is 10.9. The molecule has 1 N–H and O–H groups in total. The van der Waals surface area contributed by atoms with Crippen molar-refractivity contribution >= 4 is 17.3 Å². The third kappa shape index (κ3) is 3.26. The van der Waals surface area contributed by atoms with Gasteiger partial charge in [0.2, 0.25) is 0 Å². The van der Waals surface area contributed by atoms with Crippen LogP contribution in [0.1, 0.15) is 54.2 Å². The second-order valence-electron chi connectivity index (χ2n) is 4.97. The lowest BCUT2D eigenvalue weighted by Crippen LogP contribution is -2.21. The predicted octanol–water partition coefficient (Wildman–Crippen LogP) is 3.27. The number of carboxylic acids is 1. The lowest BCUT2D eigenvalue weighted by Gasteiger charge is -2.28. The molecule has 1 aromatic rings. The van der Waals surface area contributed by atoms with Crippen molar-refractivity contribution in [1.29, 1.82) is 0 Å². The van der Waals surface area contributed by atoms with E-state index in [0.717, 1.165) is 5.01 Å². The molecule has 0 spiro atoms. The highest BCUT2D eigenvalue weighted by atomic mass is 32.1. The molecule has 1 rings (SSSR count). The molecule has 0 aliphatic heterocycles. The van der Waals surface area contributed by atoms with Crippen LogP contribution in [0.15, 0.2) is 0 Å². The summed E-state index contributed by atoms with van der Waals surface area (Å²) in [4.78, 5) is 15.6. The van der Waals surface area contributed by atoms with E-state index in [4.69, 9.17) is 9.84 Å². The summed E-state index contributed by atoms with van der Waals surface area (Å²) in [5.41, 5.74) is 0.460. The summed E-state index contributed by atoms with van der Waals surface area (Å²) < 4.78 is 5.70. The Labute approximate surface area is 106 Å². The fraction of sp³-hybridized carbons (Fsp3) is 0.667. The van der Waals surface area contributed by atoms with E-state index in [1.807, 2.05) is 6.92 Å². The number of aryl methyl sites for hydroxylation is 1. The van der Waals surface area contributed by atoms with E-state index >= 15 is 0 Å². The first-order valence-corrected chi connectivity index (χ1v) is 6.41. The number of aromatic nitrogens is 1. The Morgan fingerprint density at radius 3 is 2.47 bits per heavy atom. The first-order valence-electron chi connectivity index (χ1n) is 5.59. The van der Waals surface area contributed by atoms with Crippen LogP contribution in [0.25, 0.3) is 0 Å². The van der Waals surface area contributed by atoms with Crippen LogP contribution in [0.5, 0.6) is 0 Å². The second-order valence-corrected chi connectivity index (χ2v) is 6.00. The molecular formula is C12H19NO3S. The second kappa shape index (κ2) is 5.14. The Morgan fingerprint density at radius 2 is 2.12 bits per heavy atom. The molecule has 0 fully saturated rings. The molecule has 0 bridgehead atoms. The third-order valence-electron chi connectivity index (χ3n) is 2.35. The first kappa shape index (κ1) is 14.1. The van der Waals surface area contributed by atoms with Gasteiger partial charge >= 0.3 is 5.97 Å². The summed E-state index contributed by atoms with van der Waals surface area (Å²) in [5.74, 6) is -0.921. The zero-order valence-corrected chi connectivity index (χ0v) is 11.7. The Kier molecular flexibility index (Phi) is 4.27. The normalized spacial score (nSPS) is 13.7. The Bertz CT molecular complexity index is 406. The molecule has 1 unspecified atom stereocenters. The van der Waals surface area contributed by atoms with Gasteiger partial charge in [0, 0.05) is 6.61 Å². The van der Waals surface area contributed by atoms with Crippen LogP contribution in [-0.4, -0.2) is 22.7 Å². The van der Waals surface area contributed by atoms with E-state index in [-0.39, 0.29) is 11.5 Å². The molecule has 0 saturated carbocycles. The van der Waals surface area contributed by atoms with Crippen molar-refractivity contribution in [3.8, 4) is 0 Å². The number of carbonyl (C=O) groups is 1. The van der Waals surface area contributed by atoms with Crippen molar-refractivity contribution in [2.24, 2.45) is 5.41 Å². The van der Waals surface area contributed by atoms with Gasteiger partial charge < -0.3 is 9.84 Å². The predicted molar refractivity (Wildman–Crippen MR) is 67.6 cm³/mol. The summed E-state index contributed by atoms with van der Waals surface area (Å²) in [6.07, 6.45) is -0.163. The molecule has 1 heterocycles. The largest absolute Gasteiger partial charge is 0.477 e. The molecule has 0 aromatic carbocycles. The molecule has 17 heavy (non-hydrogen) atoms. The van der Waals surface area contributed by atoms with Crippen molar-refractivity contribution in [3.63, 3.8) is 0 Å². The molecule has 0 amide bonds. The summed E-state index contributed by atoms with van der Waals surface area (Å²) in [6.45, 7) is 10.4. The number of nitrogens with zero attached hydrogens (tertiary/aromatic N) is 1. The summed E-state index contributed by atoms with van der Waals surface area (Å²) in [6, 6.07) is 0. The van der Waals surface area contributed by atoms with Gasteiger partial charge in [0.05, 0.1) is 5.69 Å². The van der Waals surface area contributed by atoms with E-state index in [1.165, 1.54) is 11.3 Å². The minimum atomic E-state index is -0.921. The lowest BCUT2D eigenvalue weighted by atomic mass is 9.89. The molecule has 96 valence electrons. The number of hydrogen-bond donors (Lipinski definition) is 1. The number of thiazole rings is 1. The molecule has 0 aliphatic rings. The third-order valence-corrected chi connectivity index (χ3v) is 3.54. The highest BCUT2D eigenvalue weighted by molar-refractivity contribution is 7.13. The van der Waals surface area contributed by atoms with E-state index < -0.39 is 5.97 Å². The van der Waals surface area contributed by atoms with Crippen LogP contribution >= 0.6 is 11.3 Å². The maximum atomic E-state index is 11.0. The summed E-state index contributed by atoms with van der Waals surface area (Å²) >= 11 is 1.21. The Hall–Kier alpha value is -0.940. The molecule has 4 nitrogen and oxygen atoms in total. The number of ether oxygens (including phenoxy) is 1. The van der Waals surface area contributed by atoms with E-state index in [0.29, 0.717) is 17.2 Å². The van der Waals surface area contributed by atoms with E-state index in [1.54, 1.807) is 6.92 Å². The number of hydrogen-bond acceptors (Lipinski definition) is 4. The maximum absolute atomic E-state index is 11.0. The van der Waals surface area contributed by atoms with Crippen LogP contribution < -0.4 is 0 Å². The fourth-order valence-corrected chi connectivity index (χ4v) is 2.79. The zero-order chi connectivity index (χ0) is 13.2. The minimum absolute atomic E-state index is 0.101. The summed E-state index contributed by atoms with van der Waals surface area (Å²) in [7, 11) is 0. The highest BCUT2D eigenvalue weighted by Gasteiger charge is 2.31. The van der Waals surface area contributed by atoms with Gasteiger partial charge in [-0.15, -0.1) is 11.3 Å². The van der Waals surface area contributed by atoms with Crippen LogP contribution in [-0.2, 0) is 4.74 Å². The van der Waals surface area contributed by atoms with Gasteiger partial charge in [0.1, 0.15) is 16.0 Å². The van der Waals surface area contributed by atoms with Gasteiger partial charge in [-0.25, -0.2) is 9.78 Å². The fourth-order valence-electron chi connectivity index (χ4n) is 1.59. The van der Waals surface area contributed by atoms with Crippen molar-refractivity contribution in [1.82, 2.24) is 4.98 Å². The van der Waals surface area contributed by atoms with E-state index in [2.05, 4.69) is 25.8 Å². The van der Waals surface area contributed by atoms with Crippen LogP contribution in [0.4, 0.5) is 0 Å². The Morgan fingerprint density at radius 1 is 1.53 bits per heavy atom. The van der Waals surface area contributed by atoms with Gasteiger partial charge in [-0.1, -0.05) is 20.8 Å². The Balaban J connectivity index is 3.12. The molecular weight excluding hydrogens is 238 g/mol. The van der Waals surface area contributed by atoms with Gasteiger partial charge in [-0.3, -0.25) is 0 Å². The van der Waals surface area contributed by atoms with Gasteiger partial charge in [-0.2, -0.15) is 0 Å². The smallest absolute Gasteiger partial charge is 0.347 e. The average molecular weight is 257 g/mol. The van der Waals surface area contributed by atoms with Crippen molar-refractivity contribution in [2.75, 3.05) is 6.61 Å². The van der Waals surface area contributed by atoms with Crippen molar-refractivity contribution in [2.45, 2.75) is 40.7 Å². The number of aromatic carboxylic acids is 1. The van der Waals surface area contributed by atoms with Gasteiger partial charge in [0.25, 0.3) is 0 Å². The van der Waals surface area contributed by atoms with Crippen molar-refractivity contribution < 1.29 is 14.6 Å². The van der Waals surface area contributed by atoms with Crippen LogP contribution in [0, 0.1) is 12.3 Å². The molecule has 5 heteroatoms. The van der Waals surface area contributed by atoms with E-state index in [9.17, 15) is 4.79 Å². The van der Waals surface area contributed by atoms with Crippen molar-refractivity contribution in [3.05, 3.63) is 15.6 Å². The molecule has 1 aromatic heterocycles. The minimum Gasteiger partial charge on any atom is -0.477 e. The topological polar surface area (TPSA) is 59.4 Å². The first-order chi connectivity index (χ1) is 7.77. The molecule has 0 aliphatic carbocycles. The lowest BCUT2D eigenvalue weighted by molar-refractivity contribution is -0.0134. The maximum Gasteiger partial charge on any atom is 0.347 e.